The molecular formula is C14H22N2OS. The van der Waals surface area contributed by atoms with Crippen molar-refractivity contribution >= 4 is 17.2 Å². The Hall–Kier alpha value is -0.870. The van der Waals surface area contributed by atoms with E-state index in [0.717, 1.165) is 43.8 Å². The SMILES string of the molecule is CNCCCNC(=O)c1csc2c1CCC(C)C2. The summed E-state index contributed by atoms with van der Waals surface area (Å²) in [6, 6.07) is 0. The maximum atomic E-state index is 12.1. The van der Waals surface area contributed by atoms with Crippen LogP contribution in [-0.4, -0.2) is 26.0 Å². The first-order chi connectivity index (χ1) is 8.72. The summed E-state index contributed by atoms with van der Waals surface area (Å²) < 4.78 is 0. The summed E-state index contributed by atoms with van der Waals surface area (Å²) in [5.41, 5.74) is 2.23. The van der Waals surface area contributed by atoms with Crippen LogP contribution in [0.1, 0.15) is 40.6 Å². The van der Waals surface area contributed by atoms with Crippen molar-refractivity contribution in [3.8, 4) is 0 Å². The van der Waals surface area contributed by atoms with Gasteiger partial charge in [0.1, 0.15) is 0 Å². The topological polar surface area (TPSA) is 41.1 Å². The fourth-order valence-corrected chi connectivity index (χ4v) is 3.67. The highest BCUT2D eigenvalue weighted by Crippen LogP contribution is 2.32. The molecule has 0 spiro atoms. The zero-order valence-electron chi connectivity index (χ0n) is 11.2. The van der Waals surface area contributed by atoms with Gasteiger partial charge in [-0.25, -0.2) is 0 Å². The average molecular weight is 266 g/mol. The van der Waals surface area contributed by atoms with E-state index in [1.807, 2.05) is 12.4 Å². The molecule has 0 aromatic carbocycles. The van der Waals surface area contributed by atoms with Crippen LogP contribution in [-0.2, 0) is 12.8 Å². The van der Waals surface area contributed by atoms with E-state index in [-0.39, 0.29) is 5.91 Å². The molecule has 1 heterocycles. The molecule has 1 aliphatic rings. The second-order valence-electron chi connectivity index (χ2n) is 5.11. The summed E-state index contributed by atoms with van der Waals surface area (Å²) in [6.45, 7) is 3.99. The zero-order valence-corrected chi connectivity index (χ0v) is 12.0. The lowest BCUT2D eigenvalue weighted by molar-refractivity contribution is 0.0952. The lowest BCUT2D eigenvalue weighted by Gasteiger charge is -2.18. The van der Waals surface area contributed by atoms with Crippen LogP contribution in [0, 0.1) is 5.92 Å². The second-order valence-corrected chi connectivity index (χ2v) is 6.08. The number of hydrogen-bond donors (Lipinski definition) is 2. The Morgan fingerprint density at radius 3 is 3.11 bits per heavy atom. The minimum absolute atomic E-state index is 0.109. The van der Waals surface area contributed by atoms with E-state index in [0.29, 0.717) is 0 Å². The number of rotatable bonds is 5. The summed E-state index contributed by atoms with van der Waals surface area (Å²) in [5.74, 6) is 0.876. The van der Waals surface area contributed by atoms with Crippen LogP contribution < -0.4 is 10.6 Å². The van der Waals surface area contributed by atoms with E-state index < -0.39 is 0 Å². The van der Waals surface area contributed by atoms with Crippen LogP contribution in [0.4, 0.5) is 0 Å². The van der Waals surface area contributed by atoms with Crippen LogP contribution in [0.5, 0.6) is 0 Å². The van der Waals surface area contributed by atoms with Gasteiger partial charge in [-0.15, -0.1) is 11.3 Å². The predicted octanol–water partition coefficient (Wildman–Crippen LogP) is 2.21. The Kier molecular flexibility index (Phi) is 4.78. The van der Waals surface area contributed by atoms with E-state index >= 15 is 0 Å². The smallest absolute Gasteiger partial charge is 0.252 e. The van der Waals surface area contributed by atoms with Crippen molar-refractivity contribution in [2.45, 2.75) is 32.6 Å². The molecule has 3 nitrogen and oxygen atoms in total. The van der Waals surface area contributed by atoms with Gasteiger partial charge in [0.2, 0.25) is 0 Å². The van der Waals surface area contributed by atoms with E-state index in [1.165, 1.54) is 16.9 Å². The molecule has 4 heteroatoms. The third kappa shape index (κ3) is 3.12. The molecule has 2 N–H and O–H groups in total. The minimum Gasteiger partial charge on any atom is -0.352 e. The maximum absolute atomic E-state index is 12.1. The Bertz CT molecular complexity index is 414. The molecule has 0 fully saturated rings. The van der Waals surface area contributed by atoms with Gasteiger partial charge in [-0.1, -0.05) is 6.92 Å². The van der Waals surface area contributed by atoms with Crippen LogP contribution in [0.25, 0.3) is 0 Å². The van der Waals surface area contributed by atoms with E-state index in [4.69, 9.17) is 0 Å². The summed E-state index contributed by atoms with van der Waals surface area (Å²) >= 11 is 1.75. The van der Waals surface area contributed by atoms with E-state index in [9.17, 15) is 4.79 Å². The molecule has 1 unspecified atom stereocenters. The highest BCUT2D eigenvalue weighted by molar-refractivity contribution is 7.10. The number of nitrogens with one attached hydrogen (secondary N) is 2. The van der Waals surface area contributed by atoms with Gasteiger partial charge >= 0.3 is 0 Å². The molecule has 1 aliphatic carbocycles. The standard InChI is InChI=1S/C14H22N2OS/c1-10-4-5-11-12(9-18-13(11)8-10)14(17)16-7-3-6-15-2/h9-10,15H,3-8H2,1-2H3,(H,16,17). The van der Waals surface area contributed by atoms with Gasteiger partial charge in [-0.3, -0.25) is 4.79 Å². The molecule has 1 aromatic heterocycles. The quantitative estimate of drug-likeness (QED) is 0.802. The summed E-state index contributed by atoms with van der Waals surface area (Å²) in [6.07, 6.45) is 4.40. The van der Waals surface area contributed by atoms with Gasteiger partial charge in [0.15, 0.2) is 0 Å². The Morgan fingerprint density at radius 2 is 2.33 bits per heavy atom. The molecule has 1 atom stereocenters. The summed E-state index contributed by atoms with van der Waals surface area (Å²) in [4.78, 5) is 13.5. The third-order valence-electron chi connectivity index (χ3n) is 3.54. The first-order valence-corrected chi connectivity index (χ1v) is 7.62. The number of hydrogen-bond acceptors (Lipinski definition) is 3. The lowest BCUT2D eigenvalue weighted by Crippen LogP contribution is -2.27. The van der Waals surface area contributed by atoms with Crippen LogP contribution >= 0.6 is 11.3 Å². The molecule has 100 valence electrons. The van der Waals surface area contributed by atoms with Crippen molar-refractivity contribution in [1.29, 1.82) is 0 Å². The molecule has 0 bridgehead atoms. The van der Waals surface area contributed by atoms with Gasteiger partial charge in [-0.2, -0.15) is 0 Å². The van der Waals surface area contributed by atoms with Crippen LogP contribution in [0.2, 0.25) is 0 Å². The van der Waals surface area contributed by atoms with Gasteiger partial charge in [0, 0.05) is 16.8 Å². The largest absolute Gasteiger partial charge is 0.352 e. The Balaban J connectivity index is 1.95. The average Bonchev–Trinajstić information content (AvgIpc) is 2.77. The van der Waals surface area contributed by atoms with Crippen molar-refractivity contribution in [3.63, 3.8) is 0 Å². The minimum atomic E-state index is 0.109. The molecular weight excluding hydrogens is 244 g/mol. The Labute approximate surface area is 113 Å². The number of amides is 1. The molecule has 0 saturated heterocycles. The maximum Gasteiger partial charge on any atom is 0.252 e. The van der Waals surface area contributed by atoms with Crippen molar-refractivity contribution in [1.82, 2.24) is 10.6 Å². The normalized spacial score (nSPS) is 18.4. The second kappa shape index (κ2) is 6.34. The number of thiophene rings is 1. The van der Waals surface area contributed by atoms with Gasteiger partial charge < -0.3 is 10.6 Å². The highest BCUT2D eigenvalue weighted by Gasteiger charge is 2.22. The number of carbonyl (C=O) groups excluding carboxylic acids is 1. The van der Waals surface area contributed by atoms with Crippen molar-refractivity contribution in [2.24, 2.45) is 5.92 Å². The number of carbonyl (C=O) groups is 1. The third-order valence-corrected chi connectivity index (χ3v) is 4.59. The van der Waals surface area contributed by atoms with Crippen LogP contribution in [0.15, 0.2) is 5.38 Å². The van der Waals surface area contributed by atoms with E-state index in [2.05, 4.69) is 17.6 Å². The van der Waals surface area contributed by atoms with Crippen molar-refractivity contribution in [3.05, 3.63) is 21.4 Å². The first-order valence-electron chi connectivity index (χ1n) is 6.74. The number of fused-ring (bicyclic) bond motifs is 1. The van der Waals surface area contributed by atoms with E-state index in [1.54, 1.807) is 11.3 Å². The predicted molar refractivity (Wildman–Crippen MR) is 76.4 cm³/mol. The highest BCUT2D eigenvalue weighted by atomic mass is 32.1. The Morgan fingerprint density at radius 1 is 1.50 bits per heavy atom. The summed E-state index contributed by atoms with van der Waals surface area (Å²) in [5, 5.41) is 8.13. The van der Waals surface area contributed by atoms with Crippen molar-refractivity contribution in [2.75, 3.05) is 20.1 Å². The van der Waals surface area contributed by atoms with Gasteiger partial charge in [-0.05, 0) is 50.8 Å². The molecule has 2 rings (SSSR count). The molecule has 0 saturated carbocycles. The summed E-state index contributed by atoms with van der Waals surface area (Å²) in [7, 11) is 1.93. The molecule has 0 aliphatic heterocycles. The fourth-order valence-electron chi connectivity index (χ4n) is 2.43. The van der Waals surface area contributed by atoms with Gasteiger partial charge in [0.05, 0.1) is 5.56 Å². The fraction of sp³-hybridized carbons (Fsp3) is 0.643. The zero-order chi connectivity index (χ0) is 13.0. The van der Waals surface area contributed by atoms with Gasteiger partial charge in [0.25, 0.3) is 5.91 Å². The molecule has 1 amide bonds. The molecule has 1 aromatic rings. The lowest BCUT2D eigenvalue weighted by atomic mass is 9.88. The molecule has 18 heavy (non-hydrogen) atoms. The van der Waals surface area contributed by atoms with Crippen LogP contribution in [0.3, 0.4) is 0 Å². The monoisotopic (exact) mass is 266 g/mol. The van der Waals surface area contributed by atoms with Crippen molar-refractivity contribution < 1.29 is 4.79 Å². The first kappa shape index (κ1) is 13.6. The molecule has 0 radical (unpaired) electrons.